The maximum Gasteiger partial charge on any atom is 0.197 e. The molecule has 0 bridgehead atoms. The van der Waals surface area contributed by atoms with E-state index in [1.807, 2.05) is 0 Å². The summed E-state index contributed by atoms with van der Waals surface area (Å²) >= 11 is 0. The van der Waals surface area contributed by atoms with Crippen LogP contribution in [-0.4, -0.2) is 23.2 Å². The smallest absolute Gasteiger partial charge is 0.197 e. The summed E-state index contributed by atoms with van der Waals surface area (Å²) in [5, 5.41) is 0. The van der Waals surface area contributed by atoms with E-state index in [4.69, 9.17) is 10.5 Å². The van der Waals surface area contributed by atoms with E-state index in [1.54, 1.807) is 6.20 Å². The lowest BCUT2D eigenvalue weighted by Crippen LogP contribution is -2.15. The standard InChI is InChI=1S/C8H13N3O/c9-8-10-4-7(11-8)6-2-1-3-12-5-6/h4,6H,1-3,5H2,(H3,9,10,11). The molecule has 1 aliphatic rings. The fraction of sp³-hybridized carbons (Fsp3) is 0.625. The maximum atomic E-state index is 5.48. The van der Waals surface area contributed by atoms with E-state index in [2.05, 4.69) is 9.97 Å². The Morgan fingerprint density at radius 2 is 2.58 bits per heavy atom. The lowest BCUT2D eigenvalue weighted by Gasteiger charge is -2.20. The zero-order valence-corrected chi connectivity index (χ0v) is 6.92. The first kappa shape index (κ1) is 7.61. The molecule has 2 heterocycles. The molecule has 1 aliphatic heterocycles. The van der Waals surface area contributed by atoms with Crippen LogP contribution >= 0.6 is 0 Å². The van der Waals surface area contributed by atoms with Gasteiger partial charge in [0.2, 0.25) is 0 Å². The molecule has 1 unspecified atom stereocenters. The highest BCUT2D eigenvalue weighted by molar-refractivity contribution is 5.21. The van der Waals surface area contributed by atoms with Crippen LogP contribution in [0.1, 0.15) is 24.5 Å². The minimum Gasteiger partial charge on any atom is -0.381 e. The van der Waals surface area contributed by atoms with Crippen LogP contribution in [0.5, 0.6) is 0 Å². The Morgan fingerprint density at radius 1 is 1.67 bits per heavy atom. The van der Waals surface area contributed by atoms with Crippen molar-refractivity contribution in [3.8, 4) is 0 Å². The second-order valence-electron chi connectivity index (χ2n) is 3.14. The van der Waals surface area contributed by atoms with E-state index in [0.29, 0.717) is 11.9 Å². The average molecular weight is 167 g/mol. The zero-order chi connectivity index (χ0) is 8.39. The van der Waals surface area contributed by atoms with Crippen molar-refractivity contribution < 1.29 is 4.74 Å². The van der Waals surface area contributed by atoms with E-state index in [-0.39, 0.29) is 0 Å². The second kappa shape index (κ2) is 3.15. The third-order valence-corrected chi connectivity index (χ3v) is 2.22. The van der Waals surface area contributed by atoms with Crippen LogP contribution in [0, 0.1) is 0 Å². The molecule has 66 valence electrons. The number of aromatic nitrogens is 2. The predicted octanol–water partition coefficient (Wildman–Crippen LogP) is 0.886. The highest BCUT2D eigenvalue weighted by atomic mass is 16.5. The highest BCUT2D eigenvalue weighted by Gasteiger charge is 2.17. The molecule has 0 spiro atoms. The van der Waals surface area contributed by atoms with Crippen molar-refractivity contribution in [2.45, 2.75) is 18.8 Å². The quantitative estimate of drug-likeness (QED) is 0.652. The molecular weight excluding hydrogens is 154 g/mol. The predicted molar refractivity (Wildman–Crippen MR) is 45.8 cm³/mol. The lowest BCUT2D eigenvalue weighted by molar-refractivity contribution is 0.0794. The summed E-state index contributed by atoms with van der Waals surface area (Å²) in [5.74, 6) is 0.958. The molecule has 1 aromatic heterocycles. The third-order valence-electron chi connectivity index (χ3n) is 2.22. The van der Waals surface area contributed by atoms with Crippen molar-refractivity contribution in [3.63, 3.8) is 0 Å². The van der Waals surface area contributed by atoms with Crippen LogP contribution in [0.4, 0.5) is 5.95 Å². The number of ether oxygens (including phenoxy) is 1. The Bertz CT molecular complexity index is 253. The first-order valence-electron chi connectivity index (χ1n) is 4.24. The molecule has 3 N–H and O–H groups in total. The average Bonchev–Trinajstić information content (AvgIpc) is 2.54. The molecular formula is C8H13N3O. The molecule has 0 amide bonds. The maximum absolute atomic E-state index is 5.48. The normalized spacial score (nSPS) is 24.2. The van der Waals surface area contributed by atoms with Gasteiger partial charge >= 0.3 is 0 Å². The van der Waals surface area contributed by atoms with Crippen molar-refractivity contribution in [3.05, 3.63) is 11.9 Å². The number of H-pyrrole nitrogens is 1. The van der Waals surface area contributed by atoms with Gasteiger partial charge in [-0.15, -0.1) is 0 Å². The zero-order valence-electron chi connectivity index (χ0n) is 6.92. The van der Waals surface area contributed by atoms with Gasteiger partial charge in [0, 0.05) is 18.2 Å². The molecule has 0 aromatic carbocycles. The Kier molecular flexibility index (Phi) is 1.99. The van der Waals surface area contributed by atoms with Crippen molar-refractivity contribution in [1.29, 1.82) is 0 Å². The Morgan fingerprint density at radius 3 is 3.17 bits per heavy atom. The van der Waals surface area contributed by atoms with Gasteiger partial charge in [-0.1, -0.05) is 0 Å². The lowest BCUT2D eigenvalue weighted by atomic mass is 9.99. The van der Waals surface area contributed by atoms with Gasteiger partial charge in [-0.25, -0.2) is 4.98 Å². The minimum atomic E-state index is 0.462. The van der Waals surface area contributed by atoms with E-state index >= 15 is 0 Å². The number of hydrogen-bond donors (Lipinski definition) is 2. The molecule has 1 atom stereocenters. The number of nitrogen functional groups attached to an aromatic ring is 1. The molecule has 12 heavy (non-hydrogen) atoms. The van der Waals surface area contributed by atoms with Crippen LogP contribution < -0.4 is 5.73 Å². The van der Waals surface area contributed by atoms with Gasteiger partial charge in [0.15, 0.2) is 5.95 Å². The SMILES string of the molecule is Nc1ncc(C2CCCOC2)[nH]1. The number of rotatable bonds is 1. The number of aromatic amines is 1. The molecule has 4 nitrogen and oxygen atoms in total. The molecule has 4 heteroatoms. The van der Waals surface area contributed by atoms with Crippen molar-refractivity contribution in [2.75, 3.05) is 18.9 Å². The summed E-state index contributed by atoms with van der Waals surface area (Å²) in [5.41, 5.74) is 6.58. The second-order valence-corrected chi connectivity index (χ2v) is 3.14. The first-order chi connectivity index (χ1) is 5.86. The first-order valence-corrected chi connectivity index (χ1v) is 4.24. The number of nitrogens with two attached hydrogens (primary N) is 1. The molecule has 1 aromatic rings. The molecule has 0 radical (unpaired) electrons. The summed E-state index contributed by atoms with van der Waals surface area (Å²) in [6, 6.07) is 0. The van der Waals surface area contributed by atoms with Crippen LogP contribution in [-0.2, 0) is 4.74 Å². The Hall–Kier alpha value is -1.03. The molecule has 1 saturated heterocycles. The molecule has 0 aliphatic carbocycles. The monoisotopic (exact) mass is 167 g/mol. The van der Waals surface area contributed by atoms with Crippen molar-refractivity contribution in [1.82, 2.24) is 9.97 Å². The van der Waals surface area contributed by atoms with Gasteiger partial charge in [-0.3, -0.25) is 0 Å². The van der Waals surface area contributed by atoms with Crippen LogP contribution in [0.25, 0.3) is 0 Å². The van der Waals surface area contributed by atoms with Crippen molar-refractivity contribution >= 4 is 5.95 Å². The summed E-state index contributed by atoms with van der Waals surface area (Å²) in [4.78, 5) is 6.99. The van der Waals surface area contributed by atoms with Gasteiger partial charge < -0.3 is 15.5 Å². The Balaban J connectivity index is 2.08. The summed E-state index contributed by atoms with van der Waals surface area (Å²) in [6.07, 6.45) is 4.10. The van der Waals surface area contributed by atoms with Gasteiger partial charge in [-0.2, -0.15) is 0 Å². The van der Waals surface area contributed by atoms with Gasteiger partial charge in [0.05, 0.1) is 12.8 Å². The number of nitrogens with one attached hydrogen (secondary N) is 1. The van der Waals surface area contributed by atoms with E-state index in [1.165, 1.54) is 6.42 Å². The number of nitrogens with zero attached hydrogens (tertiary/aromatic N) is 1. The highest BCUT2D eigenvalue weighted by Crippen LogP contribution is 2.23. The van der Waals surface area contributed by atoms with Crippen LogP contribution in [0.3, 0.4) is 0 Å². The number of anilines is 1. The molecule has 2 rings (SSSR count). The van der Waals surface area contributed by atoms with Gasteiger partial charge in [-0.05, 0) is 12.8 Å². The topological polar surface area (TPSA) is 63.9 Å². The van der Waals surface area contributed by atoms with E-state index in [0.717, 1.165) is 25.3 Å². The fourth-order valence-electron chi connectivity index (χ4n) is 1.54. The Labute approximate surface area is 71.1 Å². The summed E-state index contributed by atoms with van der Waals surface area (Å²) < 4.78 is 5.36. The van der Waals surface area contributed by atoms with E-state index in [9.17, 15) is 0 Å². The largest absolute Gasteiger partial charge is 0.381 e. The van der Waals surface area contributed by atoms with Crippen LogP contribution in [0.2, 0.25) is 0 Å². The van der Waals surface area contributed by atoms with Crippen molar-refractivity contribution in [2.24, 2.45) is 0 Å². The third kappa shape index (κ3) is 1.43. The number of hydrogen-bond acceptors (Lipinski definition) is 3. The minimum absolute atomic E-state index is 0.462. The van der Waals surface area contributed by atoms with Gasteiger partial charge in [0.25, 0.3) is 0 Å². The number of imidazole rings is 1. The van der Waals surface area contributed by atoms with Crippen LogP contribution in [0.15, 0.2) is 6.20 Å². The summed E-state index contributed by atoms with van der Waals surface area (Å²) in [7, 11) is 0. The molecule has 0 saturated carbocycles. The molecule has 1 fully saturated rings. The van der Waals surface area contributed by atoms with E-state index < -0.39 is 0 Å². The summed E-state index contributed by atoms with van der Waals surface area (Å²) in [6.45, 7) is 1.68. The fourth-order valence-corrected chi connectivity index (χ4v) is 1.54. The van der Waals surface area contributed by atoms with Gasteiger partial charge in [0.1, 0.15) is 0 Å².